The minimum absolute atomic E-state index is 0.276. The molecule has 0 aliphatic carbocycles. The summed E-state index contributed by atoms with van der Waals surface area (Å²) in [7, 11) is 0. The molecule has 6 heteroatoms. The fourth-order valence-corrected chi connectivity index (χ4v) is 1.59. The maximum Gasteiger partial charge on any atom is 0.328 e. The molecule has 0 unspecified atom stereocenters. The van der Waals surface area contributed by atoms with Crippen molar-refractivity contribution in [3.63, 3.8) is 0 Å². The lowest BCUT2D eigenvalue weighted by molar-refractivity contribution is -0.131. The van der Waals surface area contributed by atoms with E-state index in [-0.39, 0.29) is 5.91 Å². The summed E-state index contributed by atoms with van der Waals surface area (Å²) in [6.45, 7) is 2.59. The average Bonchev–Trinajstić information content (AvgIpc) is 2.46. The van der Waals surface area contributed by atoms with Crippen LogP contribution in [0.15, 0.2) is 36.4 Å². The van der Waals surface area contributed by atoms with Crippen molar-refractivity contribution in [3.8, 4) is 0 Å². The Morgan fingerprint density at radius 1 is 1.19 bits per heavy atom. The molecule has 0 bridgehead atoms. The second-order valence-corrected chi connectivity index (χ2v) is 4.32. The SMILES string of the molecule is CCCCNC(=O)c1ccccc1NC(=O)/C=C/C(=O)O. The molecule has 0 radical (unpaired) electrons. The molecular weight excluding hydrogens is 272 g/mol. The molecule has 0 saturated heterocycles. The van der Waals surface area contributed by atoms with Gasteiger partial charge in [0.1, 0.15) is 0 Å². The van der Waals surface area contributed by atoms with E-state index in [1.54, 1.807) is 24.3 Å². The number of unbranched alkanes of at least 4 members (excludes halogenated alkanes) is 1. The zero-order valence-electron chi connectivity index (χ0n) is 11.8. The molecular formula is C15H18N2O4. The molecule has 1 aromatic rings. The molecule has 0 aromatic heterocycles. The van der Waals surface area contributed by atoms with Crippen molar-refractivity contribution in [1.29, 1.82) is 0 Å². The monoisotopic (exact) mass is 290 g/mol. The van der Waals surface area contributed by atoms with Gasteiger partial charge in [-0.15, -0.1) is 0 Å². The second-order valence-electron chi connectivity index (χ2n) is 4.32. The lowest BCUT2D eigenvalue weighted by atomic mass is 10.1. The Kier molecular flexibility index (Phi) is 6.67. The lowest BCUT2D eigenvalue weighted by Gasteiger charge is -2.10. The molecule has 3 N–H and O–H groups in total. The van der Waals surface area contributed by atoms with Gasteiger partial charge < -0.3 is 15.7 Å². The first-order chi connectivity index (χ1) is 10.0. The van der Waals surface area contributed by atoms with E-state index in [9.17, 15) is 14.4 Å². The average molecular weight is 290 g/mol. The number of carboxylic acids is 1. The van der Waals surface area contributed by atoms with E-state index in [4.69, 9.17) is 5.11 Å². The van der Waals surface area contributed by atoms with Gasteiger partial charge in [0.25, 0.3) is 5.91 Å². The highest BCUT2D eigenvalue weighted by molar-refractivity contribution is 6.07. The molecule has 0 fully saturated rings. The van der Waals surface area contributed by atoms with Gasteiger partial charge in [-0.1, -0.05) is 25.5 Å². The Morgan fingerprint density at radius 2 is 1.90 bits per heavy atom. The number of rotatable bonds is 7. The number of carboxylic acid groups (broad SMARTS) is 1. The summed E-state index contributed by atoms with van der Waals surface area (Å²) in [4.78, 5) is 33.9. The van der Waals surface area contributed by atoms with Crippen LogP contribution in [0.4, 0.5) is 5.69 Å². The summed E-state index contributed by atoms with van der Waals surface area (Å²) in [6.07, 6.45) is 3.48. The number of anilines is 1. The van der Waals surface area contributed by atoms with Gasteiger partial charge in [-0.2, -0.15) is 0 Å². The molecule has 21 heavy (non-hydrogen) atoms. The highest BCUT2D eigenvalue weighted by Gasteiger charge is 2.11. The first kappa shape index (κ1) is 16.4. The van der Waals surface area contributed by atoms with Crippen LogP contribution in [0, 0.1) is 0 Å². The Morgan fingerprint density at radius 3 is 2.57 bits per heavy atom. The molecule has 6 nitrogen and oxygen atoms in total. The highest BCUT2D eigenvalue weighted by Crippen LogP contribution is 2.15. The summed E-state index contributed by atoms with van der Waals surface area (Å²) < 4.78 is 0. The molecule has 0 atom stereocenters. The fourth-order valence-electron chi connectivity index (χ4n) is 1.59. The van der Waals surface area contributed by atoms with Crippen molar-refractivity contribution in [3.05, 3.63) is 42.0 Å². The Labute approximate surface area is 122 Å². The second kappa shape index (κ2) is 8.52. The van der Waals surface area contributed by atoms with Gasteiger partial charge in [0.2, 0.25) is 5.91 Å². The Hall–Kier alpha value is -2.63. The molecule has 0 aliphatic heterocycles. The molecule has 0 saturated carbocycles. The third kappa shape index (κ3) is 5.90. The number of amides is 2. The van der Waals surface area contributed by atoms with Crippen molar-refractivity contribution < 1.29 is 19.5 Å². The van der Waals surface area contributed by atoms with Gasteiger partial charge in [0.05, 0.1) is 11.3 Å². The number of carbonyl (C=O) groups excluding carboxylic acids is 2. The molecule has 0 spiro atoms. The van der Waals surface area contributed by atoms with E-state index < -0.39 is 11.9 Å². The van der Waals surface area contributed by atoms with Crippen LogP contribution in [-0.4, -0.2) is 29.4 Å². The Bertz CT molecular complexity index is 552. The van der Waals surface area contributed by atoms with Crippen molar-refractivity contribution in [2.75, 3.05) is 11.9 Å². The molecule has 1 rings (SSSR count). The molecule has 0 aliphatic rings. The van der Waals surface area contributed by atoms with Crippen LogP contribution in [0.25, 0.3) is 0 Å². The molecule has 112 valence electrons. The first-order valence-electron chi connectivity index (χ1n) is 6.63. The van der Waals surface area contributed by atoms with Crippen LogP contribution in [-0.2, 0) is 9.59 Å². The van der Waals surface area contributed by atoms with Crippen molar-refractivity contribution in [1.82, 2.24) is 5.32 Å². The third-order valence-electron chi connectivity index (χ3n) is 2.62. The van der Waals surface area contributed by atoms with Crippen LogP contribution < -0.4 is 10.6 Å². The van der Waals surface area contributed by atoms with E-state index in [2.05, 4.69) is 10.6 Å². The maximum absolute atomic E-state index is 12.0. The van der Waals surface area contributed by atoms with E-state index in [0.717, 1.165) is 25.0 Å². The van der Waals surface area contributed by atoms with Crippen molar-refractivity contribution >= 4 is 23.5 Å². The number of benzene rings is 1. The third-order valence-corrected chi connectivity index (χ3v) is 2.62. The van der Waals surface area contributed by atoms with E-state index in [1.807, 2.05) is 6.92 Å². The molecule has 1 aromatic carbocycles. The number of hydrogen-bond acceptors (Lipinski definition) is 3. The lowest BCUT2D eigenvalue weighted by Crippen LogP contribution is -2.25. The van der Waals surface area contributed by atoms with E-state index in [0.29, 0.717) is 17.8 Å². The van der Waals surface area contributed by atoms with Crippen LogP contribution in [0.3, 0.4) is 0 Å². The van der Waals surface area contributed by atoms with E-state index >= 15 is 0 Å². The van der Waals surface area contributed by atoms with Gasteiger partial charge in [-0.05, 0) is 18.6 Å². The maximum atomic E-state index is 12.0. The molecule has 0 heterocycles. The quantitative estimate of drug-likeness (QED) is 0.527. The van der Waals surface area contributed by atoms with Crippen molar-refractivity contribution in [2.24, 2.45) is 0 Å². The normalized spacial score (nSPS) is 10.3. The fraction of sp³-hybridized carbons (Fsp3) is 0.267. The van der Waals surface area contributed by atoms with E-state index in [1.165, 1.54) is 0 Å². The topological polar surface area (TPSA) is 95.5 Å². The van der Waals surface area contributed by atoms with Gasteiger partial charge in [-0.25, -0.2) is 4.79 Å². The number of para-hydroxylation sites is 1. The highest BCUT2D eigenvalue weighted by atomic mass is 16.4. The number of nitrogens with one attached hydrogen (secondary N) is 2. The minimum Gasteiger partial charge on any atom is -0.478 e. The van der Waals surface area contributed by atoms with Gasteiger partial charge >= 0.3 is 5.97 Å². The summed E-state index contributed by atoms with van der Waals surface area (Å²) in [5, 5.41) is 13.7. The van der Waals surface area contributed by atoms with Gasteiger partial charge in [-0.3, -0.25) is 9.59 Å². The standard InChI is InChI=1S/C15H18N2O4/c1-2-3-10-16-15(21)11-6-4-5-7-12(11)17-13(18)8-9-14(19)20/h4-9H,2-3,10H2,1H3,(H,16,21)(H,17,18)(H,19,20)/b9-8+. The summed E-state index contributed by atoms with van der Waals surface area (Å²) in [6, 6.07) is 6.55. The zero-order valence-corrected chi connectivity index (χ0v) is 11.8. The van der Waals surface area contributed by atoms with Crippen LogP contribution in [0.2, 0.25) is 0 Å². The van der Waals surface area contributed by atoms with Crippen molar-refractivity contribution in [2.45, 2.75) is 19.8 Å². The number of hydrogen-bond donors (Lipinski definition) is 3. The van der Waals surface area contributed by atoms with Gasteiger partial charge in [0.15, 0.2) is 0 Å². The largest absolute Gasteiger partial charge is 0.478 e. The predicted molar refractivity (Wildman–Crippen MR) is 79.1 cm³/mol. The smallest absolute Gasteiger partial charge is 0.328 e. The summed E-state index contributed by atoms with van der Waals surface area (Å²) in [5.41, 5.74) is 0.678. The first-order valence-corrected chi connectivity index (χ1v) is 6.63. The number of carbonyl (C=O) groups is 3. The van der Waals surface area contributed by atoms with Crippen LogP contribution >= 0.6 is 0 Å². The summed E-state index contributed by atoms with van der Waals surface area (Å²) in [5.74, 6) is -2.09. The Balaban J connectivity index is 2.77. The minimum atomic E-state index is -1.21. The number of aliphatic carboxylic acids is 1. The zero-order chi connectivity index (χ0) is 15.7. The van der Waals surface area contributed by atoms with Gasteiger partial charge in [0, 0.05) is 18.7 Å². The predicted octanol–water partition coefficient (Wildman–Crippen LogP) is 1.80. The van der Waals surface area contributed by atoms with Crippen LogP contribution in [0.1, 0.15) is 30.1 Å². The summed E-state index contributed by atoms with van der Waals surface area (Å²) >= 11 is 0. The van der Waals surface area contributed by atoms with Crippen LogP contribution in [0.5, 0.6) is 0 Å². The molecule has 2 amide bonds.